The van der Waals surface area contributed by atoms with Crippen LogP contribution in [0.4, 0.5) is 5.69 Å². The quantitative estimate of drug-likeness (QED) is 0.190. The molecule has 0 bridgehead atoms. The number of aromatic nitrogens is 4. The normalized spacial score (nSPS) is 14.7. The molecule has 214 valence electrons. The average Bonchev–Trinajstić information content (AvgIpc) is 3.53. The minimum Gasteiger partial charge on any atom is -0.366 e. The van der Waals surface area contributed by atoms with Gasteiger partial charge in [0.15, 0.2) is 0 Å². The topological polar surface area (TPSA) is 101 Å². The molecule has 0 radical (unpaired) electrons. The fraction of sp³-hybridized carbons (Fsp3) is 0.419. The standard InChI is InChI=1S/C31H39N7O2Si/c1-23(2)35-30(39)24-8-10-27(11-9-24)36-20-31(21-36,12-13-32)38-19-26(18-34-38)28-17-25-7-6-14-33-29(25)37(28)22-40-15-16-41(3,4)5/h6-11,14,17-19,23H,12,15-16,20-22H2,1-5H3,(H,35,39). The predicted octanol–water partition coefficient (Wildman–Crippen LogP) is 5.48. The van der Waals surface area contributed by atoms with E-state index >= 15 is 0 Å². The van der Waals surface area contributed by atoms with E-state index in [4.69, 9.17) is 9.84 Å². The van der Waals surface area contributed by atoms with E-state index in [1.54, 1.807) is 0 Å². The first-order chi connectivity index (χ1) is 19.6. The highest BCUT2D eigenvalue weighted by atomic mass is 28.3. The Morgan fingerprint density at radius 1 is 1.20 bits per heavy atom. The second-order valence-electron chi connectivity index (χ2n) is 12.5. The van der Waals surface area contributed by atoms with E-state index in [-0.39, 0.29) is 11.9 Å². The lowest BCUT2D eigenvalue weighted by molar-refractivity contribution is 0.0909. The predicted molar refractivity (Wildman–Crippen MR) is 165 cm³/mol. The number of fused-ring (bicyclic) bond motifs is 1. The number of pyridine rings is 1. The molecule has 1 N–H and O–H groups in total. The van der Waals surface area contributed by atoms with Crippen LogP contribution in [-0.4, -0.2) is 59.1 Å². The largest absolute Gasteiger partial charge is 0.366 e. The smallest absolute Gasteiger partial charge is 0.251 e. The minimum absolute atomic E-state index is 0.0767. The molecule has 4 aromatic rings. The molecule has 4 heterocycles. The molecule has 1 fully saturated rings. The lowest BCUT2D eigenvalue weighted by Crippen LogP contribution is -2.63. The highest BCUT2D eigenvalue weighted by molar-refractivity contribution is 6.76. The Hall–Kier alpha value is -3.94. The Balaban J connectivity index is 1.34. The third kappa shape index (κ3) is 6.21. The SMILES string of the molecule is CC(C)NC(=O)c1ccc(N2CC(CC#N)(n3cc(-c4cc5cccnc5n4COCC[Si](C)(C)C)cn3)C2)cc1. The number of carbonyl (C=O) groups excluding carboxylic acids is 1. The molecule has 1 aliphatic rings. The van der Waals surface area contributed by atoms with Crippen molar-refractivity contribution in [2.24, 2.45) is 0 Å². The van der Waals surface area contributed by atoms with Crippen molar-refractivity contribution < 1.29 is 9.53 Å². The number of nitrogens with one attached hydrogen (secondary N) is 1. The molecular weight excluding hydrogens is 530 g/mol. The lowest BCUT2D eigenvalue weighted by atomic mass is 9.86. The van der Waals surface area contributed by atoms with Gasteiger partial charge in [-0.05, 0) is 62.4 Å². The maximum Gasteiger partial charge on any atom is 0.251 e. The second kappa shape index (κ2) is 11.5. The van der Waals surface area contributed by atoms with Crippen molar-refractivity contribution in [3.05, 3.63) is 66.6 Å². The van der Waals surface area contributed by atoms with Crippen LogP contribution in [0.5, 0.6) is 0 Å². The summed E-state index contributed by atoms with van der Waals surface area (Å²) >= 11 is 0. The van der Waals surface area contributed by atoms with Crippen LogP contribution >= 0.6 is 0 Å². The van der Waals surface area contributed by atoms with Crippen LogP contribution < -0.4 is 10.2 Å². The molecule has 3 aromatic heterocycles. The van der Waals surface area contributed by atoms with E-state index in [0.717, 1.165) is 40.6 Å². The zero-order valence-electron chi connectivity index (χ0n) is 24.6. The number of anilines is 1. The Bertz CT molecular complexity index is 1550. The third-order valence-corrected chi connectivity index (χ3v) is 9.23. The van der Waals surface area contributed by atoms with Crippen LogP contribution in [0.2, 0.25) is 25.7 Å². The molecule has 5 rings (SSSR count). The maximum absolute atomic E-state index is 12.3. The summed E-state index contributed by atoms with van der Waals surface area (Å²) in [7, 11) is -1.19. The van der Waals surface area contributed by atoms with Gasteiger partial charge in [0.05, 0.1) is 24.4 Å². The number of rotatable bonds is 11. The summed E-state index contributed by atoms with van der Waals surface area (Å²) in [6.45, 7) is 13.4. The Morgan fingerprint density at radius 2 is 1.95 bits per heavy atom. The van der Waals surface area contributed by atoms with E-state index in [2.05, 4.69) is 57.6 Å². The Labute approximate surface area is 242 Å². The van der Waals surface area contributed by atoms with E-state index in [0.29, 0.717) is 31.8 Å². The van der Waals surface area contributed by atoms with E-state index in [1.807, 2.05) is 67.5 Å². The number of amides is 1. The van der Waals surface area contributed by atoms with Gasteiger partial charge in [-0.15, -0.1) is 0 Å². The van der Waals surface area contributed by atoms with Crippen molar-refractivity contribution in [2.75, 3.05) is 24.6 Å². The summed E-state index contributed by atoms with van der Waals surface area (Å²) in [5.74, 6) is -0.0767. The van der Waals surface area contributed by atoms with Gasteiger partial charge in [-0.1, -0.05) is 19.6 Å². The third-order valence-electron chi connectivity index (χ3n) is 7.53. The summed E-state index contributed by atoms with van der Waals surface area (Å²) in [6, 6.07) is 17.3. The molecule has 1 aromatic carbocycles. The molecule has 0 spiro atoms. The zero-order valence-corrected chi connectivity index (χ0v) is 25.6. The van der Waals surface area contributed by atoms with Crippen LogP contribution in [0.1, 0.15) is 30.6 Å². The van der Waals surface area contributed by atoms with Gasteiger partial charge in [-0.25, -0.2) is 4.98 Å². The number of nitrogens with zero attached hydrogens (tertiary/aromatic N) is 6. The summed E-state index contributed by atoms with van der Waals surface area (Å²) in [6.07, 6.45) is 6.07. The fourth-order valence-corrected chi connectivity index (χ4v) is 5.96. The first-order valence-electron chi connectivity index (χ1n) is 14.2. The highest BCUT2D eigenvalue weighted by Gasteiger charge is 2.45. The molecular formula is C31H39N7O2Si. The van der Waals surface area contributed by atoms with Crippen molar-refractivity contribution >= 4 is 30.7 Å². The summed E-state index contributed by atoms with van der Waals surface area (Å²) in [5, 5.41) is 18.4. The van der Waals surface area contributed by atoms with Gasteiger partial charge in [0, 0.05) is 68.4 Å². The number of nitriles is 1. The molecule has 1 saturated heterocycles. The van der Waals surface area contributed by atoms with Gasteiger partial charge < -0.3 is 19.5 Å². The fourth-order valence-electron chi connectivity index (χ4n) is 5.21. The molecule has 0 saturated carbocycles. The van der Waals surface area contributed by atoms with E-state index < -0.39 is 13.6 Å². The van der Waals surface area contributed by atoms with Crippen LogP contribution in [0, 0.1) is 11.3 Å². The maximum atomic E-state index is 12.3. The Morgan fingerprint density at radius 3 is 2.63 bits per heavy atom. The van der Waals surface area contributed by atoms with Crippen LogP contribution in [0.3, 0.4) is 0 Å². The van der Waals surface area contributed by atoms with E-state index in [9.17, 15) is 10.1 Å². The lowest BCUT2D eigenvalue weighted by Gasteiger charge is -2.50. The van der Waals surface area contributed by atoms with Crippen molar-refractivity contribution in [3.8, 4) is 17.3 Å². The second-order valence-corrected chi connectivity index (χ2v) is 18.1. The molecule has 0 aliphatic carbocycles. The summed E-state index contributed by atoms with van der Waals surface area (Å²) in [4.78, 5) is 19.2. The number of hydrogen-bond donors (Lipinski definition) is 1. The highest BCUT2D eigenvalue weighted by Crippen LogP contribution is 2.37. The van der Waals surface area contributed by atoms with Gasteiger partial charge in [-0.2, -0.15) is 10.4 Å². The number of carbonyl (C=O) groups is 1. The van der Waals surface area contributed by atoms with Crippen LogP contribution in [-0.2, 0) is 17.0 Å². The van der Waals surface area contributed by atoms with E-state index in [1.165, 1.54) is 0 Å². The molecule has 41 heavy (non-hydrogen) atoms. The van der Waals surface area contributed by atoms with Crippen molar-refractivity contribution in [3.63, 3.8) is 0 Å². The number of ether oxygens (including phenoxy) is 1. The monoisotopic (exact) mass is 569 g/mol. The van der Waals surface area contributed by atoms with Crippen molar-refractivity contribution in [1.82, 2.24) is 24.6 Å². The van der Waals surface area contributed by atoms with Gasteiger partial charge in [0.25, 0.3) is 5.91 Å². The molecule has 1 aliphatic heterocycles. The minimum atomic E-state index is -1.19. The van der Waals surface area contributed by atoms with Crippen molar-refractivity contribution in [2.45, 2.75) is 64.3 Å². The number of hydrogen-bond acceptors (Lipinski definition) is 6. The molecule has 0 unspecified atom stereocenters. The zero-order chi connectivity index (χ0) is 29.2. The van der Waals surface area contributed by atoms with Crippen LogP contribution in [0.15, 0.2) is 61.1 Å². The number of benzene rings is 1. The van der Waals surface area contributed by atoms with Gasteiger partial charge in [-0.3, -0.25) is 9.48 Å². The Kier molecular flexibility index (Phi) is 8.02. The summed E-state index contributed by atoms with van der Waals surface area (Å²) < 4.78 is 10.2. The van der Waals surface area contributed by atoms with Gasteiger partial charge in [0.1, 0.15) is 17.9 Å². The molecule has 1 amide bonds. The first-order valence-corrected chi connectivity index (χ1v) is 17.9. The van der Waals surface area contributed by atoms with Gasteiger partial charge >= 0.3 is 0 Å². The molecule has 0 atom stereocenters. The molecule has 10 heteroatoms. The summed E-state index contributed by atoms with van der Waals surface area (Å²) in [5.41, 5.74) is 4.08. The average molecular weight is 570 g/mol. The molecule has 9 nitrogen and oxygen atoms in total. The van der Waals surface area contributed by atoms with Crippen molar-refractivity contribution in [1.29, 1.82) is 5.26 Å². The first kappa shape index (κ1) is 28.6. The van der Waals surface area contributed by atoms with Crippen LogP contribution in [0.25, 0.3) is 22.3 Å². The van der Waals surface area contributed by atoms with Gasteiger partial charge in [0.2, 0.25) is 0 Å².